The Morgan fingerprint density at radius 1 is 1.46 bits per heavy atom. The molecule has 1 aromatic heterocycles. The number of fused-ring (bicyclic) bond motifs is 1. The van der Waals surface area contributed by atoms with Crippen LogP contribution in [0.1, 0.15) is 47.6 Å². The molecule has 2 aliphatic rings. The van der Waals surface area contributed by atoms with Crippen LogP contribution >= 0.6 is 0 Å². The first-order chi connectivity index (χ1) is 12.7. The van der Waals surface area contributed by atoms with Gasteiger partial charge in [-0.05, 0) is 42.4 Å². The second-order valence-corrected chi connectivity index (χ2v) is 6.81. The third-order valence-electron chi connectivity index (χ3n) is 5.13. The highest BCUT2D eigenvalue weighted by molar-refractivity contribution is 6.48. The molecule has 0 spiro atoms. The van der Waals surface area contributed by atoms with Crippen molar-refractivity contribution in [3.63, 3.8) is 0 Å². The Balaban J connectivity index is 1.65. The van der Waals surface area contributed by atoms with E-state index in [-0.39, 0.29) is 6.04 Å². The Morgan fingerprint density at radius 3 is 3.15 bits per heavy atom. The normalized spacial score (nSPS) is 20.7. The molecule has 3 N–H and O–H groups in total. The minimum absolute atomic E-state index is 0.0934. The van der Waals surface area contributed by atoms with Gasteiger partial charge >= 0.3 is 7.48 Å². The first kappa shape index (κ1) is 16.8. The number of rotatable bonds is 4. The molecule has 1 saturated carbocycles. The number of amides is 1. The van der Waals surface area contributed by atoms with Gasteiger partial charge in [-0.1, -0.05) is 12.5 Å². The summed E-state index contributed by atoms with van der Waals surface area (Å²) in [5.74, 6) is -0.00793. The molecule has 0 saturated heterocycles. The second-order valence-electron chi connectivity index (χ2n) is 6.81. The fourth-order valence-electron chi connectivity index (χ4n) is 3.73. The molecule has 1 aliphatic heterocycles. The Hall–Kier alpha value is -2.61. The lowest BCUT2D eigenvalue weighted by Crippen LogP contribution is -2.24. The number of primary amides is 1. The van der Waals surface area contributed by atoms with Gasteiger partial charge in [0, 0.05) is 24.6 Å². The van der Waals surface area contributed by atoms with Crippen molar-refractivity contribution in [2.45, 2.75) is 38.3 Å². The maximum absolute atomic E-state index is 11.9. The van der Waals surface area contributed by atoms with E-state index in [1.54, 1.807) is 6.20 Å². The summed E-state index contributed by atoms with van der Waals surface area (Å²) in [7, 11) is 2.47. The predicted octanol–water partition coefficient (Wildman–Crippen LogP) is 1.42. The van der Waals surface area contributed by atoms with Gasteiger partial charge in [-0.3, -0.25) is 14.5 Å². The quantitative estimate of drug-likeness (QED) is 0.815. The van der Waals surface area contributed by atoms with Crippen LogP contribution in [-0.2, 0) is 11.3 Å². The van der Waals surface area contributed by atoms with Crippen LogP contribution in [0.4, 0.5) is 11.5 Å². The van der Waals surface area contributed by atoms with Crippen molar-refractivity contribution in [2.24, 2.45) is 10.7 Å². The number of hydrogen-bond donors (Lipinski definition) is 2. The molecule has 1 aromatic carbocycles. The number of benzene rings is 1. The molecule has 8 heteroatoms. The van der Waals surface area contributed by atoms with Crippen molar-refractivity contribution in [1.82, 2.24) is 9.78 Å². The van der Waals surface area contributed by atoms with E-state index in [1.165, 1.54) is 5.46 Å². The summed E-state index contributed by atoms with van der Waals surface area (Å²) in [6.07, 6.45) is 5.96. The molecule has 1 amide bonds. The highest BCUT2D eigenvalue weighted by atomic mass is 16.4. The largest absolute Gasteiger partial charge is 0.430 e. The van der Waals surface area contributed by atoms with Crippen molar-refractivity contribution in [3.8, 4) is 0 Å². The fraction of sp³-hybridized carbons (Fsp3) is 0.389. The third-order valence-corrected chi connectivity index (χ3v) is 5.13. The predicted molar refractivity (Wildman–Crippen MR) is 103 cm³/mol. The van der Waals surface area contributed by atoms with E-state index in [0.29, 0.717) is 25.5 Å². The minimum Gasteiger partial charge on any atom is -0.430 e. The lowest BCUT2D eigenvalue weighted by Gasteiger charge is -2.24. The van der Waals surface area contributed by atoms with E-state index in [1.807, 2.05) is 29.9 Å². The number of nitrogens with one attached hydrogen (secondary N) is 1. The lowest BCUT2D eigenvalue weighted by molar-refractivity contribution is 0.100. The minimum atomic E-state index is -0.492. The van der Waals surface area contributed by atoms with Crippen LogP contribution < -0.4 is 16.5 Å². The van der Waals surface area contributed by atoms with Crippen molar-refractivity contribution in [3.05, 3.63) is 35.5 Å². The van der Waals surface area contributed by atoms with Gasteiger partial charge in [-0.15, -0.1) is 0 Å². The van der Waals surface area contributed by atoms with Crippen molar-refractivity contribution in [1.29, 1.82) is 0 Å². The topological polar surface area (TPSA) is 94.5 Å². The Morgan fingerprint density at radius 2 is 2.35 bits per heavy atom. The van der Waals surface area contributed by atoms with Gasteiger partial charge in [-0.25, -0.2) is 0 Å². The summed E-state index contributed by atoms with van der Waals surface area (Å²) in [6.45, 7) is 0.611. The number of anilines is 2. The summed E-state index contributed by atoms with van der Waals surface area (Å²) >= 11 is 0. The highest BCUT2D eigenvalue weighted by Gasteiger charge is 2.25. The van der Waals surface area contributed by atoms with Gasteiger partial charge in [0.15, 0.2) is 5.82 Å². The zero-order valence-corrected chi connectivity index (χ0v) is 14.9. The van der Waals surface area contributed by atoms with E-state index in [9.17, 15) is 4.79 Å². The van der Waals surface area contributed by atoms with Crippen LogP contribution in [0.3, 0.4) is 0 Å². The van der Waals surface area contributed by atoms with Gasteiger partial charge in [-0.2, -0.15) is 5.10 Å². The molecule has 1 fully saturated rings. The molecule has 134 valence electrons. The third kappa shape index (κ3) is 3.12. The summed E-state index contributed by atoms with van der Waals surface area (Å²) in [5.41, 5.74) is 10.3. The van der Waals surface area contributed by atoms with Gasteiger partial charge in [0.1, 0.15) is 5.56 Å². The monoisotopic (exact) mass is 351 g/mol. The smallest absolute Gasteiger partial charge is 0.309 e. The summed E-state index contributed by atoms with van der Waals surface area (Å²) < 4.78 is 7.29. The molecule has 2 heterocycles. The zero-order chi connectivity index (χ0) is 18.1. The molecular formula is C18H22BN5O2. The number of hydrogen-bond acceptors (Lipinski definition) is 5. The molecular weight excluding hydrogens is 329 g/mol. The van der Waals surface area contributed by atoms with Crippen LogP contribution in [0, 0.1) is 0 Å². The number of carbonyl (C=O) groups excluding carboxylic acids is 1. The molecule has 0 bridgehead atoms. The van der Waals surface area contributed by atoms with E-state index in [0.717, 1.165) is 42.6 Å². The first-order valence-electron chi connectivity index (χ1n) is 8.97. The molecule has 26 heavy (non-hydrogen) atoms. The van der Waals surface area contributed by atoms with Crippen LogP contribution in [-0.4, -0.2) is 35.9 Å². The van der Waals surface area contributed by atoms with E-state index >= 15 is 0 Å². The van der Waals surface area contributed by atoms with Crippen LogP contribution in [0.5, 0.6) is 0 Å². The van der Waals surface area contributed by atoms with Crippen molar-refractivity contribution < 1.29 is 9.45 Å². The van der Waals surface area contributed by atoms with Crippen molar-refractivity contribution >= 4 is 36.1 Å². The number of carbonyl (C=O) groups is 1. The average molecular weight is 351 g/mol. The van der Waals surface area contributed by atoms with Crippen LogP contribution in [0.2, 0.25) is 0 Å². The number of nitrogens with zero attached hydrogens (tertiary/aromatic N) is 3. The van der Waals surface area contributed by atoms with E-state index in [4.69, 9.17) is 10.4 Å². The van der Waals surface area contributed by atoms with E-state index in [2.05, 4.69) is 15.4 Å². The van der Waals surface area contributed by atoms with E-state index < -0.39 is 5.91 Å². The number of aliphatic imine (C=N–C) groups is 1. The molecule has 1 unspecified atom stereocenters. The molecule has 1 atom stereocenters. The molecule has 4 rings (SSSR count). The average Bonchev–Trinajstić information content (AvgIpc) is 3.28. The molecule has 1 aliphatic carbocycles. The zero-order valence-electron chi connectivity index (χ0n) is 14.9. The SMILES string of the molecule is C/N=C1/CCCCC1n1cc(C(N)=O)c(Nc2ccc3c(c2)COB3)n1. The molecule has 2 aromatic rings. The standard InChI is InChI=1S/C18H22BN5O2/c1-21-15-4-2-3-5-16(15)24-9-13(17(20)25)18(23-24)22-12-6-7-14-11(8-12)10-26-19-14/h6-9,16,19H,2-5,10H2,1H3,(H2,20,25)(H,22,23)/b21-15-. The number of nitrogens with two attached hydrogens (primary N) is 1. The maximum atomic E-state index is 11.9. The highest BCUT2D eigenvalue weighted by Crippen LogP contribution is 2.29. The second kappa shape index (κ2) is 6.95. The summed E-state index contributed by atoms with van der Waals surface area (Å²) in [6, 6.07) is 6.13. The Bertz CT molecular complexity index is 876. The number of aromatic nitrogens is 2. The van der Waals surface area contributed by atoms with Crippen LogP contribution in [0.15, 0.2) is 29.4 Å². The summed E-state index contributed by atoms with van der Waals surface area (Å²) in [5, 5.41) is 7.88. The van der Waals surface area contributed by atoms with Crippen molar-refractivity contribution in [2.75, 3.05) is 12.4 Å². The fourth-order valence-corrected chi connectivity index (χ4v) is 3.73. The summed E-state index contributed by atoms with van der Waals surface area (Å²) in [4.78, 5) is 16.3. The maximum Gasteiger partial charge on any atom is 0.309 e. The van der Waals surface area contributed by atoms with Gasteiger partial charge in [0.25, 0.3) is 5.91 Å². The van der Waals surface area contributed by atoms with Gasteiger partial charge < -0.3 is 15.7 Å². The molecule has 0 radical (unpaired) electrons. The van der Waals surface area contributed by atoms with Gasteiger partial charge in [0.05, 0.1) is 12.6 Å². The molecule has 7 nitrogen and oxygen atoms in total. The first-order valence-corrected chi connectivity index (χ1v) is 8.97. The Labute approximate surface area is 152 Å². The van der Waals surface area contributed by atoms with Gasteiger partial charge in [0.2, 0.25) is 0 Å². The van der Waals surface area contributed by atoms with Crippen LogP contribution in [0.25, 0.3) is 0 Å². The Kier molecular flexibility index (Phi) is 4.50. The lowest BCUT2D eigenvalue weighted by atomic mass is 9.87.